The van der Waals surface area contributed by atoms with Crippen molar-refractivity contribution in [3.8, 4) is 5.75 Å². The van der Waals surface area contributed by atoms with E-state index in [4.69, 9.17) is 4.74 Å². The summed E-state index contributed by atoms with van der Waals surface area (Å²) in [4.78, 5) is 23.2. The highest BCUT2D eigenvalue weighted by atomic mass is 16.5. The molecule has 0 fully saturated rings. The first-order valence-corrected chi connectivity index (χ1v) is 6.64. The predicted molar refractivity (Wildman–Crippen MR) is 77.1 cm³/mol. The van der Waals surface area contributed by atoms with E-state index in [9.17, 15) is 9.59 Å². The highest BCUT2D eigenvalue weighted by Crippen LogP contribution is 2.17. The molecule has 0 aromatic heterocycles. The minimum atomic E-state index is -0.553. The first-order valence-electron chi connectivity index (χ1n) is 6.64. The average molecular weight is 278 g/mol. The number of hydrogen-bond acceptors (Lipinski definition) is 3. The molecule has 0 heterocycles. The van der Waals surface area contributed by atoms with Crippen molar-refractivity contribution in [2.45, 2.75) is 34.1 Å². The third-order valence-electron chi connectivity index (χ3n) is 2.71. The van der Waals surface area contributed by atoms with Crippen LogP contribution in [-0.2, 0) is 16.0 Å². The maximum Gasteiger partial charge on any atom is 0.276 e. The van der Waals surface area contributed by atoms with Crippen LogP contribution in [-0.4, -0.2) is 18.4 Å². The van der Waals surface area contributed by atoms with Gasteiger partial charge < -0.3 is 4.74 Å². The molecule has 0 aliphatic rings. The second-order valence-electron chi connectivity index (χ2n) is 5.50. The zero-order valence-corrected chi connectivity index (χ0v) is 12.4. The van der Waals surface area contributed by atoms with Crippen molar-refractivity contribution >= 4 is 11.8 Å². The molecule has 0 unspecified atom stereocenters. The van der Waals surface area contributed by atoms with Crippen molar-refractivity contribution in [1.29, 1.82) is 0 Å². The normalized spacial score (nSPS) is 10.8. The van der Waals surface area contributed by atoms with E-state index < -0.39 is 11.3 Å². The van der Waals surface area contributed by atoms with E-state index in [1.165, 1.54) is 0 Å². The van der Waals surface area contributed by atoms with Crippen molar-refractivity contribution < 1.29 is 14.3 Å². The number of aryl methyl sites for hydroxylation is 1. The minimum Gasteiger partial charge on any atom is -0.483 e. The van der Waals surface area contributed by atoms with Gasteiger partial charge in [0, 0.05) is 5.41 Å². The van der Waals surface area contributed by atoms with Crippen molar-refractivity contribution in [2.24, 2.45) is 5.41 Å². The molecule has 5 heteroatoms. The van der Waals surface area contributed by atoms with Crippen LogP contribution in [0.1, 0.15) is 33.3 Å². The topological polar surface area (TPSA) is 67.4 Å². The molecule has 0 spiro atoms. The number of hydrazine groups is 1. The van der Waals surface area contributed by atoms with Gasteiger partial charge in [-0.15, -0.1) is 0 Å². The van der Waals surface area contributed by atoms with Crippen LogP contribution in [0.25, 0.3) is 0 Å². The summed E-state index contributed by atoms with van der Waals surface area (Å²) in [5, 5.41) is 0. The number of benzene rings is 1. The average Bonchev–Trinajstić information content (AvgIpc) is 2.41. The maximum absolute atomic E-state index is 11.6. The number of nitrogens with one attached hydrogen (secondary N) is 2. The van der Waals surface area contributed by atoms with Gasteiger partial charge in [-0.05, 0) is 18.1 Å². The number of amides is 2. The Morgan fingerprint density at radius 1 is 1.15 bits per heavy atom. The molecule has 0 saturated carbocycles. The molecule has 0 aliphatic heterocycles. The Balaban J connectivity index is 2.42. The van der Waals surface area contributed by atoms with E-state index in [0.717, 1.165) is 12.0 Å². The van der Waals surface area contributed by atoms with Crippen molar-refractivity contribution in [2.75, 3.05) is 6.61 Å². The zero-order valence-electron chi connectivity index (χ0n) is 12.4. The zero-order chi connectivity index (χ0) is 15.2. The molecule has 20 heavy (non-hydrogen) atoms. The van der Waals surface area contributed by atoms with Crippen molar-refractivity contribution in [3.05, 3.63) is 29.8 Å². The lowest BCUT2D eigenvalue weighted by Gasteiger charge is -2.18. The summed E-state index contributed by atoms with van der Waals surface area (Å²) in [6.45, 7) is 7.18. The molecule has 0 aliphatic carbocycles. The third kappa shape index (κ3) is 4.91. The molecule has 1 rings (SSSR count). The van der Waals surface area contributed by atoms with Gasteiger partial charge in [0.25, 0.3) is 5.91 Å². The summed E-state index contributed by atoms with van der Waals surface area (Å²) in [5.41, 5.74) is 5.19. The van der Waals surface area contributed by atoms with Gasteiger partial charge in [0.05, 0.1) is 0 Å². The van der Waals surface area contributed by atoms with E-state index in [1.807, 2.05) is 31.2 Å². The van der Waals surface area contributed by atoms with Gasteiger partial charge in [-0.2, -0.15) is 0 Å². The van der Waals surface area contributed by atoms with Gasteiger partial charge in [0.15, 0.2) is 6.61 Å². The largest absolute Gasteiger partial charge is 0.483 e. The Kier molecular flexibility index (Phi) is 5.55. The molecule has 1 aromatic carbocycles. The molecule has 0 atom stereocenters. The number of ether oxygens (including phenoxy) is 1. The monoisotopic (exact) mass is 278 g/mol. The number of carbonyl (C=O) groups excluding carboxylic acids is 2. The minimum absolute atomic E-state index is 0.137. The van der Waals surface area contributed by atoms with E-state index >= 15 is 0 Å². The molecule has 1 aromatic rings. The Morgan fingerprint density at radius 2 is 1.80 bits per heavy atom. The van der Waals surface area contributed by atoms with Gasteiger partial charge in [0.2, 0.25) is 5.91 Å². The molecule has 5 nitrogen and oxygen atoms in total. The standard InChI is InChI=1S/C15H22N2O3/c1-5-11-8-6-7-9-12(11)20-10-13(18)16-17-14(19)15(2,3)4/h6-9H,5,10H2,1-4H3,(H,16,18)(H,17,19). The molecular weight excluding hydrogens is 256 g/mol. The Hall–Kier alpha value is -2.04. The fraction of sp³-hybridized carbons (Fsp3) is 0.467. The summed E-state index contributed by atoms with van der Waals surface area (Å²) in [6, 6.07) is 7.55. The van der Waals surface area contributed by atoms with Gasteiger partial charge in [-0.1, -0.05) is 45.9 Å². The molecule has 0 radical (unpaired) electrons. The van der Waals surface area contributed by atoms with Gasteiger partial charge in [0.1, 0.15) is 5.75 Å². The lowest BCUT2D eigenvalue weighted by molar-refractivity contribution is -0.134. The molecule has 2 N–H and O–H groups in total. The Morgan fingerprint density at radius 3 is 2.40 bits per heavy atom. The first kappa shape index (κ1) is 16.0. The van der Waals surface area contributed by atoms with Crippen LogP contribution in [0.5, 0.6) is 5.75 Å². The fourth-order valence-corrected chi connectivity index (χ4v) is 1.43. The molecule has 0 bridgehead atoms. The maximum atomic E-state index is 11.6. The van der Waals surface area contributed by atoms with Crippen LogP contribution in [0, 0.1) is 5.41 Å². The second-order valence-corrected chi connectivity index (χ2v) is 5.50. The van der Waals surface area contributed by atoms with E-state index in [1.54, 1.807) is 20.8 Å². The Labute approximate surface area is 119 Å². The highest BCUT2D eigenvalue weighted by molar-refractivity contribution is 5.85. The first-order chi connectivity index (χ1) is 9.34. The van der Waals surface area contributed by atoms with E-state index in [2.05, 4.69) is 10.9 Å². The predicted octanol–water partition coefficient (Wildman–Crippen LogP) is 1.82. The second kappa shape index (κ2) is 6.93. The van der Waals surface area contributed by atoms with E-state index in [-0.39, 0.29) is 12.5 Å². The van der Waals surface area contributed by atoms with Crippen LogP contribution in [0.4, 0.5) is 0 Å². The number of para-hydroxylation sites is 1. The molecule has 0 saturated heterocycles. The van der Waals surface area contributed by atoms with Crippen molar-refractivity contribution in [1.82, 2.24) is 10.9 Å². The lowest BCUT2D eigenvalue weighted by Crippen LogP contribution is -2.48. The molecular formula is C15H22N2O3. The van der Waals surface area contributed by atoms with Crippen molar-refractivity contribution in [3.63, 3.8) is 0 Å². The third-order valence-corrected chi connectivity index (χ3v) is 2.71. The summed E-state index contributed by atoms with van der Waals surface area (Å²) >= 11 is 0. The van der Waals surface area contributed by atoms with Gasteiger partial charge in [-0.3, -0.25) is 20.4 Å². The van der Waals surface area contributed by atoms with Crippen LogP contribution < -0.4 is 15.6 Å². The molecule has 110 valence electrons. The van der Waals surface area contributed by atoms with Gasteiger partial charge in [-0.25, -0.2) is 0 Å². The van der Waals surface area contributed by atoms with E-state index in [0.29, 0.717) is 5.75 Å². The van der Waals surface area contributed by atoms with Crippen LogP contribution >= 0.6 is 0 Å². The number of carbonyl (C=O) groups is 2. The highest BCUT2D eigenvalue weighted by Gasteiger charge is 2.21. The lowest BCUT2D eigenvalue weighted by atomic mass is 9.96. The summed E-state index contributed by atoms with van der Waals surface area (Å²) in [5.74, 6) is 0.0422. The van der Waals surface area contributed by atoms with Gasteiger partial charge >= 0.3 is 0 Å². The molecule has 2 amide bonds. The summed E-state index contributed by atoms with van der Waals surface area (Å²) < 4.78 is 5.44. The number of rotatable bonds is 4. The van der Waals surface area contributed by atoms with Crippen LogP contribution in [0.2, 0.25) is 0 Å². The fourth-order valence-electron chi connectivity index (χ4n) is 1.43. The van der Waals surface area contributed by atoms with Crippen LogP contribution in [0.3, 0.4) is 0 Å². The quantitative estimate of drug-likeness (QED) is 0.826. The smallest absolute Gasteiger partial charge is 0.276 e. The Bertz CT molecular complexity index is 478. The number of hydrogen-bond donors (Lipinski definition) is 2. The summed E-state index contributed by atoms with van der Waals surface area (Å²) in [6.07, 6.45) is 0.832. The SMILES string of the molecule is CCc1ccccc1OCC(=O)NNC(=O)C(C)(C)C. The summed E-state index contributed by atoms with van der Waals surface area (Å²) in [7, 11) is 0. The van der Waals surface area contributed by atoms with Crippen LogP contribution in [0.15, 0.2) is 24.3 Å².